The fourth-order valence-electron chi connectivity index (χ4n) is 1.66. The van der Waals surface area contributed by atoms with Gasteiger partial charge in [0.15, 0.2) is 0 Å². The van der Waals surface area contributed by atoms with Gasteiger partial charge in [-0.15, -0.1) is 0 Å². The molecule has 0 atom stereocenters. The van der Waals surface area contributed by atoms with Gasteiger partial charge in [-0.2, -0.15) is 0 Å². The van der Waals surface area contributed by atoms with E-state index in [1.165, 1.54) is 6.07 Å². The largest absolute Gasteiger partial charge is 0.385 e. The van der Waals surface area contributed by atoms with E-state index in [-0.39, 0.29) is 10.6 Å². The van der Waals surface area contributed by atoms with E-state index in [2.05, 4.69) is 0 Å². The molecule has 0 bridgehead atoms. The van der Waals surface area contributed by atoms with Crippen LogP contribution in [0.25, 0.3) is 0 Å². The minimum Gasteiger partial charge on any atom is -0.385 e. The van der Waals surface area contributed by atoms with Gasteiger partial charge in [-0.3, -0.25) is 0 Å². The SMILES string of the molecule is OC1(c2cc(Cl)c(F)cc2F)CCC1. The quantitative estimate of drug-likeness (QED) is 0.719. The van der Waals surface area contributed by atoms with Crippen LogP contribution in [0.2, 0.25) is 5.02 Å². The number of benzene rings is 1. The summed E-state index contributed by atoms with van der Waals surface area (Å²) >= 11 is 5.52. The van der Waals surface area contributed by atoms with Gasteiger partial charge in [0.2, 0.25) is 0 Å². The molecule has 0 aromatic heterocycles. The Bertz CT molecular complexity index is 375. The molecule has 1 N–H and O–H groups in total. The van der Waals surface area contributed by atoms with Gasteiger partial charge >= 0.3 is 0 Å². The number of halogens is 3. The summed E-state index contributed by atoms with van der Waals surface area (Å²) in [7, 11) is 0. The van der Waals surface area contributed by atoms with Crippen LogP contribution in [0.4, 0.5) is 8.78 Å². The lowest BCUT2D eigenvalue weighted by atomic mass is 9.75. The highest BCUT2D eigenvalue weighted by Crippen LogP contribution is 2.43. The Hall–Kier alpha value is -0.670. The summed E-state index contributed by atoms with van der Waals surface area (Å²) in [5, 5.41) is 9.71. The number of aliphatic hydroxyl groups is 1. The highest BCUT2D eigenvalue weighted by atomic mass is 35.5. The lowest BCUT2D eigenvalue weighted by Gasteiger charge is -2.37. The molecule has 2 rings (SSSR count). The van der Waals surface area contributed by atoms with Crippen molar-refractivity contribution < 1.29 is 13.9 Å². The second-order valence-corrected chi connectivity index (χ2v) is 4.04. The molecule has 0 spiro atoms. The molecule has 1 nitrogen and oxygen atoms in total. The summed E-state index contributed by atoms with van der Waals surface area (Å²) in [4.78, 5) is 0. The van der Waals surface area contributed by atoms with Gasteiger partial charge < -0.3 is 5.11 Å². The smallest absolute Gasteiger partial charge is 0.144 e. The molecular weight excluding hydrogens is 210 g/mol. The van der Waals surface area contributed by atoms with Gasteiger partial charge in [-0.25, -0.2) is 8.78 Å². The molecule has 1 aromatic rings. The van der Waals surface area contributed by atoms with E-state index in [4.69, 9.17) is 11.6 Å². The molecule has 14 heavy (non-hydrogen) atoms. The molecule has 1 aliphatic carbocycles. The Morgan fingerprint density at radius 1 is 1.21 bits per heavy atom. The third kappa shape index (κ3) is 1.41. The first-order chi connectivity index (χ1) is 6.53. The van der Waals surface area contributed by atoms with Crippen molar-refractivity contribution in [2.24, 2.45) is 0 Å². The van der Waals surface area contributed by atoms with E-state index >= 15 is 0 Å². The van der Waals surface area contributed by atoms with Crippen LogP contribution in [0, 0.1) is 11.6 Å². The third-order valence-corrected chi connectivity index (χ3v) is 2.98. The number of hydrogen-bond acceptors (Lipinski definition) is 1. The first kappa shape index (κ1) is 9.87. The zero-order valence-electron chi connectivity index (χ0n) is 7.36. The Labute approximate surface area is 85.3 Å². The van der Waals surface area contributed by atoms with Gasteiger partial charge in [0, 0.05) is 11.6 Å². The van der Waals surface area contributed by atoms with Crippen molar-refractivity contribution in [2.45, 2.75) is 24.9 Å². The maximum absolute atomic E-state index is 13.3. The molecule has 0 aliphatic heterocycles. The predicted octanol–water partition coefficient (Wildman–Crippen LogP) is 2.99. The van der Waals surface area contributed by atoms with Crippen molar-refractivity contribution in [3.8, 4) is 0 Å². The van der Waals surface area contributed by atoms with E-state index in [0.717, 1.165) is 6.42 Å². The fraction of sp³-hybridized carbons (Fsp3) is 0.400. The van der Waals surface area contributed by atoms with Crippen molar-refractivity contribution in [3.05, 3.63) is 34.4 Å². The Balaban J connectivity index is 2.48. The molecule has 4 heteroatoms. The van der Waals surface area contributed by atoms with E-state index in [9.17, 15) is 13.9 Å². The summed E-state index contributed by atoms with van der Waals surface area (Å²) < 4.78 is 26.1. The van der Waals surface area contributed by atoms with Gasteiger partial charge in [-0.05, 0) is 25.3 Å². The van der Waals surface area contributed by atoms with Crippen LogP contribution in [0.1, 0.15) is 24.8 Å². The molecule has 0 saturated heterocycles. The second kappa shape index (κ2) is 3.17. The molecule has 76 valence electrons. The minimum atomic E-state index is -1.14. The summed E-state index contributed by atoms with van der Waals surface area (Å²) in [5.41, 5.74) is -1.03. The van der Waals surface area contributed by atoms with Crippen LogP contribution in [0.5, 0.6) is 0 Å². The summed E-state index contributed by atoms with van der Waals surface area (Å²) in [6, 6.07) is 1.89. The Kier molecular flexibility index (Phi) is 2.24. The first-order valence-corrected chi connectivity index (χ1v) is 4.78. The summed E-state index contributed by atoms with van der Waals surface area (Å²) in [6.07, 6.45) is 1.86. The van der Waals surface area contributed by atoms with Gasteiger partial charge in [0.25, 0.3) is 0 Å². The predicted molar refractivity (Wildman–Crippen MR) is 49.1 cm³/mol. The number of rotatable bonds is 1. The molecule has 1 aromatic carbocycles. The molecule has 0 unspecified atom stereocenters. The van der Waals surface area contributed by atoms with Crippen LogP contribution in [0.3, 0.4) is 0 Å². The third-order valence-electron chi connectivity index (χ3n) is 2.69. The van der Waals surface area contributed by atoms with E-state index in [1.54, 1.807) is 0 Å². The van der Waals surface area contributed by atoms with Crippen LogP contribution >= 0.6 is 11.6 Å². The zero-order chi connectivity index (χ0) is 10.3. The van der Waals surface area contributed by atoms with Gasteiger partial charge in [0.05, 0.1) is 10.6 Å². The normalized spacial score (nSPS) is 19.1. The maximum Gasteiger partial charge on any atom is 0.144 e. The fourth-order valence-corrected chi connectivity index (χ4v) is 1.82. The van der Waals surface area contributed by atoms with Crippen LogP contribution in [-0.4, -0.2) is 5.11 Å². The van der Waals surface area contributed by atoms with E-state index in [1.807, 2.05) is 0 Å². The minimum absolute atomic E-state index is 0.107. The van der Waals surface area contributed by atoms with E-state index in [0.29, 0.717) is 18.9 Å². The topological polar surface area (TPSA) is 20.2 Å². The monoisotopic (exact) mass is 218 g/mol. The van der Waals surface area contributed by atoms with Gasteiger partial charge in [-0.1, -0.05) is 11.6 Å². The highest BCUT2D eigenvalue weighted by molar-refractivity contribution is 6.30. The average molecular weight is 219 g/mol. The number of hydrogen-bond donors (Lipinski definition) is 1. The van der Waals surface area contributed by atoms with Crippen molar-refractivity contribution in [3.63, 3.8) is 0 Å². The summed E-state index contributed by atoms with van der Waals surface area (Å²) in [6.45, 7) is 0. The highest BCUT2D eigenvalue weighted by Gasteiger charge is 2.38. The first-order valence-electron chi connectivity index (χ1n) is 4.40. The standard InChI is InChI=1S/C10H9ClF2O/c11-7-4-6(8(12)5-9(7)13)10(14)2-1-3-10/h4-5,14H,1-3H2. The molecule has 0 radical (unpaired) electrons. The summed E-state index contributed by atoms with van der Waals surface area (Å²) in [5.74, 6) is -1.52. The molecule has 1 aliphatic rings. The van der Waals surface area contributed by atoms with Crippen LogP contribution < -0.4 is 0 Å². The lowest BCUT2D eigenvalue weighted by Crippen LogP contribution is -2.34. The molecule has 1 saturated carbocycles. The maximum atomic E-state index is 13.3. The van der Waals surface area contributed by atoms with Crippen molar-refractivity contribution in [1.82, 2.24) is 0 Å². The Morgan fingerprint density at radius 3 is 2.36 bits per heavy atom. The Morgan fingerprint density at radius 2 is 1.86 bits per heavy atom. The van der Waals surface area contributed by atoms with Crippen LogP contribution in [-0.2, 0) is 5.60 Å². The lowest BCUT2D eigenvalue weighted by molar-refractivity contribution is -0.0417. The molecule has 0 amide bonds. The molecular formula is C10H9ClF2O. The van der Waals surface area contributed by atoms with Crippen molar-refractivity contribution >= 4 is 11.6 Å². The van der Waals surface area contributed by atoms with Crippen LogP contribution in [0.15, 0.2) is 12.1 Å². The van der Waals surface area contributed by atoms with Crippen molar-refractivity contribution in [2.75, 3.05) is 0 Å². The van der Waals surface area contributed by atoms with Gasteiger partial charge in [0.1, 0.15) is 11.6 Å². The zero-order valence-corrected chi connectivity index (χ0v) is 8.11. The molecule has 1 fully saturated rings. The van der Waals surface area contributed by atoms with E-state index < -0.39 is 17.2 Å². The second-order valence-electron chi connectivity index (χ2n) is 3.63. The van der Waals surface area contributed by atoms with Crippen molar-refractivity contribution in [1.29, 1.82) is 0 Å². The molecule has 0 heterocycles. The average Bonchev–Trinajstić information content (AvgIpc) is 2.07.